The molecule has 0 heterocycles. The lowest BCUT2D eigenvalue weighted by Gasteiger charge is -2.14. The molecule has 5 nitrogen and oxygen atoms in total. The number of nitrogens with one attached hydrogen (secondary N) is 1. The Morgan fingerprint density at radius 2 is 1.78 bits per heavy atom. The molecule has 0 fully saturated rings. The Balaban J connectivity index is 2.18. The van der Waals surface area contributed by atoms with E-state index in [-0.39, 0.29) is 22.6 Å². The fraction of sp³-hybridized carbons (Fsp3) is 0.235. The van der Waals surface area contributed by atoms with Crippen LogP contribution >= 0.6 is 11.8 Å². The SMILES string of the molecule is CC(=O)Nc1ccc(C(C[N+](=O)[O-])Sc2ccc(C)cc2)cc1. The summed E-state index contributed by atoms with van der Waals surface area (Å²) >= 11 is 1.47. The number of hydrogen-bond acceptors (Lipinski definition) is 4. The first-order valence-corrected chi connectivity index (χ1v) is 8.04. The second-order valence-electron chi connectivity index (χ2n) is 5.24. The van der Waals surface area contributed by atoms with Gasteiger partial charge in [-0.25, -0.2) is 0 Å². The normalized spacial score (nSPS) is 11.7. The highest BCUT2D eigenvalue weighted by molar-refractivity contribution is 7.99. The quantitative estimate of drug-likeness (QED) is 0.492. The van der Waals surface area contributed by atoms with E-state index in [0.29, 0.717) is 5.69 Å². The molecule has 0 aromatic heterocycles. The molecule has 2 rings (SSSR count). The lowest BCUT2D eigenvalue weighted by atomic mass is 10.1. The molecule has 0 bridgehead atoms. The van der Waals surface area contributed by atoms with Crippen molar-refractivity contribution in [2.75, 3.05) is 11.9 Å². The lowest BCUT2D eigenvalue weighted by molar-refractivity contribution is -0.479. The van der Waals surface area contributed by atoms with Crippen molar-refractivity contribution in [1.29, 1.82) is 0 Å². The van der Waals surface area contributed by atoms with Crippen LogP contribution in [0.5, 0.6) is 0 Å². The van der Waals surface area contributed by atoms with Gasteiger partial charge in [0.25, 0.3) is 0 Å². The summed E-state index contributed by atoms with van der Waals surface area (Å²) in [6.07, 6.45) is 0. The van der Waals surface area contributed by atoms with Gasteiger partial charge in [0.2, 0.25) is 12.5 Å². The first-order chi connectivity index (χ1) is 10.9. The molecule has 6 heteroatoms. The monoisotopic (exact) mass is 330 g/mol. The Kier molecular flexibility index (Phi) is 5.76. The largest absolute Gasteiger partial charge is 0.326 e. The third kappa shape index (κ3) is 5.41. The van der Waals surface area contributed by atoms with Gasteiger partial charge in [-0.2, -0.15) is 0 Å². The smallest absolute Gasteiger partial charge is 0.221 e. The molecule has 0 radical (unpaired) electrons. The zero-order valence-corrected chi connectivity index (χ0v) is 13.8. The number of aryl methyl sites for hydroxylation is 1. The fourth-order valence-electron chi connectivity index (χ4n) is 2.11. The number of amides is 1. The Morgan fingerprint density at radius 3 is 2.30 bits per heavy atom. The summed E-state index contributed by atoms with van der Waals surface area (Å²) in [5.74, 6) is -0.145. The van der Waals surface area contributed by atoms with Gasteiger partial charge in [-0.15, -0.1) is 11.8 Å². The maximum absolute atomic E-state index is 11.0. The zero-order valence-electron chi connectivity index (χ0n) is 13.0. The highest BCUT2D eigenvalue weighted by Crippen LogP contribution is 2.35. The zero-order chi connectivity index (χ0) is 16.8. The van der Waals surface area contributed by atoms with Crippen molar-refractivity contribution in [3.63, 3.8) is 0 Å². The van der Waals surface area contributed by atoms with Crippen LogP contribution in [0.15, 0.2) is 53.4 Å². The topological polar surface area (TPSA) is 72.2 Å². The number of benzene rings is 2. The van der Waals surface area contributed by atoms with E-state index in [1.54, 1.807) is 12.1 Å². The summed E-state index contributed by atoms with van der Waals surface area (Å²) in [6.45, 7) is 3.29. The predicted molar refractivity (Wildman–Crippen MR) is 92.4 cm³/mol. The maximum Gasteiger partial charge on any atom is 0.221 e. The van der Waals surface area contributed by atoms with Crippen molar-refractivity contribution >= 4 is 23.4 Å². The van der Waals surface area contributed by atoms with Gasteiger partial charge in [-0.1, -0.05) is 29.8 Å². The molecule has 1 unspecified atom stereocenters. The van der Waals surface area contributed by atoms with Crippen molar-refractivity contribution in [3.8, 4) is 0 Å². The van der Waals surface area contributed by atoms with Crippen molar-refractivity contribution < 1.29 is 9.72 Å². The van der Waals surface area contributed by atoms with E-state index in [1.165, 1.54) is 18.7 Å². The molecule has 1 amide bonds. The first kappa shape index (κ1) is 17.0. The van der Waals surface area contributed by atoms with Crippen LogP contribution < -0.4 is 5.32 Å². The molecule has 0 saturated heterocycles. The van der Waals surface area contributed by atoms with Crippen LogP contribution in [0.1, 0.15) is 23.3 Å². The van der Waals surface area contributed by atoms with Crippen LogP contribution in [0.4, 0.5) is 5.69 Å². The number of carbonyl (C=O) groups is 1. The highest BCUT2D eigenvalue weighted by atomic mass is 32.2. The standard InChI is InChI=1S/C17H18N2O3S/c1-12-3-9-16(10-4-12)23-17(11-19(21)22)14-5-7-15(8-6-14)18-13(2)20/h3-10,17H,11H2,1-2H3,(H,18,20). The van der Waals surface area contributed by atoms with Gasteiger partial charge in [-0.3, -0.25) is 14.9 Å². The number of nitro groups is 1. The molecule has 0 spiro atoms. The molecule has 0 aliphatic carbocycles. The third-order valence-electron chi connectivity index (χ3n) is 3.22. The summed E-state index contributed by atoms with van der Waals surface area (Å²) in [4.78, 5) is 22.7. The fourth-order valence-corrected chi connectivity index (χ4v) is 3.22. The summed E-state index contributed by atoms with van der Waals surface area (Å²) in [7, 11) is 0. The van der Waals surface area contributed by atoms with Gasteiger partial charge in [0, 0.05) is 22.4 Å². The van der Waals surface area contributed by atoms with E-state index in [4.69, 9.17) is 0 Å². The molecule has 120 valence electrons. The second kappa shape index (κ2) is 7.78. The Hall–Kier alpha value is -2.34. The van der Waals surface area contributed by atoms with Gasteiger partial charge in [0.05, 0.1) is 5.25 Å². The number of hydrogen-bond donors (Lipinski definition) is 1. The number of nitrogens with zero attached hydrogens (tertiary/aromatic N) is 1. The van der Waals surface area contributed by atoms with E-state index in [1.807, 2.05) is 43.3 Å². The summed E-state index contributed by atoms with van der Waals surface area (Å²) < 4.78 is 0. The molecule has 2 aromatic carbocycles. The van der Waals surface area contributed by atoms with Gasteiger partial charge in [0.15, 0.2) is 0 Å². The molecule has 23 heavy (non-hydrogen) atoms. The predicted octanol–water partition coefficient (Wildman–Crippen LogP) is 4.06. The van der Waals surface area contributed by atoms with Crippen LogP contribution in [0, 0.1) is 17.0 Å². The maximum atomic E-state index is 11.0. The molecular weight excluding hydrogens is 312 g/mol. The minimum atomic E-state index is -0.298. The van der Waals surface area contributed by atoms with Crippen LogP contribution in [-0.2, 0) is 4.79 Å². The van der Waals surface area contributed by atoms with Crippen LogP contribution in [0.25, 0.3) is 0 Å². The third-order valence-corrected chi connectivity index (χ3v) is 4.47. The van der Waals surface area contributed by atoms with Gasteiger partial charge < -0.3 is 5.32 Å². The van der Waals surface area contributed by atoms with Crippen LogP contribution in [0.3, 0.4) is 0 Å². The number of anilines is 1. The van der Waals surface area contributed by atoms with Crippen molar-refractivity contribution in [3.05, 3.63) is 69.8 Å². The van der Waals surface area contributed by atoms with E-state index < -0.39 is 0 Å². The molecular formula is C17H18N2O3S. The van der Waals surface area contributed by atoms with Crippen LogP contribution in [-0.4, -0.2) is 17.4 Å². The minimum Gasteiger partial charge on any atom is -0.326 e. The lowest BCUT2D eigenvalue weighted by Crippen LogP contribution is -2.10. The summed E-state index contributed by atoms with van der Waals surface area (Å²) in [5.41, 5.74) is 2.70. The minimum absolute atomic E-state index is 0.145. The molecule has 0 aliphatic heterocycles. The van der Waals surface area contributed by atoms with E-state index in [0.717, 1.165) is 16.0 Å². The average molecular weight is 330 g/mol. The van der Waals surface area contributed by atoms with Gasteiger partial charge >= 0.3 is 0 Å². The molecule has 2 aromatic rings. The molecule has 0 aliphatic rings. The Bertz CT molecular complexity index is 684. The second-order valence-corrected chi connectivity index (χ2v) is 6.51. The highest BCUT2D eigenvalue weighted by Gasteiger charge is 2.19. The number of rotatable bonds is 6. The van der Waals surface area contributed by atoms with E-state index >= 15 is 0 Å². The summed E-state index contributed by atoms with van der Waals surface area (Å²) in [6, 6.07) is 15.1. The van der Waals surface area contributed by atoms with Gasteiger partial charge in [0.1, 0.15) is 0 Å². The Morgan fingerprint density at radius 1 is 1.17 bits per heavy atom. The molecule has 1 atom stereocenters. The van der Waals surface area contributed by atoms with Crippen molar-refractivity contribution in [1.82, 2.24) is 0 Å². The van der Waals surface area contributed by atoms with Crippen LogP contribution in [0.2, 0.25) is 0 Å². The Labute approximate surface area is 139 Å². The molecule has 1 N–H and O–H groups in total. The van der Waals surface area contributed by atoms with Gasteiger partial charge in [-0.05, 0) is 36.8 Å². The molecule has 0 saturated carbocycles. The average Bonchev–Trinajstić information content (AvgIpc) is 2.48. The first-order valence-electron chi connectivity index (χ1n) is 7.16. The van der Waals surface area contributed by atoms with Crippen molar-refractivity contribution in [2.24, 2.45) is 0 Å². The van der Waals surface area contributed by atoms with Crippen molar-refractivity contribution in [2.45, 2.75) is 24.0 Å². The number of carbonyl (C=O) groups excluding carboxylic acids is 1. The number of thioether (sulfide) groups is 1. The van der Waals surface area contributed by atoms with E-state index in [2.05, 4.69) is 5.32 Å². The van der Waals surface area contributed by atoms with E-state index in [9.17, 15) is 14.9 Å². The summed E-state index contributed by atoms with van der Waals surface area (Å²) in [5, 5.41) is 13.4.